The average Bonchev–Trinajstić information content (AvgIpc) is 2.82. The Morgan fingerprint density at radius 1 is 1.22 bits per heavy atom. The molecule has 23 heavy (non-hydrogen) atoms. The number of ether oxygens (including phenoxy) is 1. The summed E-state index contributed by atoms with van der Waals surface area (Å²) in [5.74, 6) is 0.369. The number of hydrogen-bond acceptors (Lipinski definition) is 3. The van der Waals surface area contributed by atoms with E-state index in [1.54, 1.807) is 6.07 Å². The van der Waals surface area contributed by atoms with Crippen molar-refractivity contribution in [2.45, 2.75) is 18.8 Å². The molecule has 3 rings (SSSR count). The number of halogens is 2. The third-order valence-electron chi connectivity index (χ3n) is 4.29. The minimum absolute atomic E-state index is 0.0284. The zero-order valence-corrected chi connectivity index (χ0v) is 14.1. The first-order valence-corrected chi connectivity index (χ1v) is 8.09. The van der Waals surface area contributed by atoms with Crippen LogP contribution in [-0.2, 0) is 11.8 Å². The Labute approximate surface area is 144 Å². The molecule has 0 amide bonds. The van der Waals surface area contributed by atoms with E-state index in [1.165, 1.54) is 0 Å². The van der Waals surface area contributed by atoms with Crippen molar-refractivity contribution in [3.63, 3.8) is 0 Å². The van der Waals surface area contributed by atoms with Crippen molar-refractivity contribution in [3.05, 3.63) is 63.1 Å². The topological polar surface area (TPSA) is 46.5 Å². The Morgan fingerprint density at radius 2 is 1.91 bits per heavy atom. The van der Waals surface area contributed by atoms with Gasteiger partial charge in [-0.15, -0.1) is 0 Å². The zero-order chi connectivity index (χ0) is 16.6. The number of fused-ring (bicyclic) bond motifs is 1. The molecule has 1 aliphatic carbocycles. The minimum Gasteiger partial charge on any atom is -0.490 e. The van der Waals surface area contributed by atoms with Crippen molar-refractivity contribution in [1.29, 1.82) is 0 Å². The highest BCUT2D eigenvalue weighted by Crippen LogP contribution is 2.47. The van der Waals surface area contributed by atoms with Gasteiger partial charge in [-0.2, -0.15) is 0 Å². The molecule has 1 aliphatic rings. The van der Waals surface area contributed by atoms with Gasteiger partial charge in [0.15, 0.2) is 5.78 Å². The molecule has 1 atom stereocenters. The van der Waals surface area contributed by atoms with Gasteiger partial charge in [0, 0.05) is 5.56 Å². The summed E-state index contributed by atoms with van der Waals surface area (Å²) in [6, 6.07) is 11.4. The Bertz CT molecular complexity index is 759. The summed E-state index contributed by atoms with van der Waals surface area (Å²) in [5.41, 5.74) is 1.58. The highest BCUT2D eigenvalue weighted by Gasteiger charge is 2.45. The Balaban J connectivity index is 2.08. The molecule has 0 fully saturated rings. The minimum atomic E-state index is -0.661. The number of carbonyl (C=O) groups excluding carboxylic acids is 1. The van der Waals surface area contributed by atoms with Gasteiger partial charge in [0.2, 0.25) is 0 Å². The zero-order valence-electron chi connectivity index (χ0n) is 12.6. The van der Waals surface area contributed by atoms with Gasteiger partial charge in [-0.1, -0.05) is 53.5 Å². The van der Waals surface area contributed by atoms with Crippen LogP contribution in [0.3, 0.4) is 0 Å². The fraction of sp³-hybridized carbons (Fsp3) is 0.278. The summed E-state index contributed by atoms with van der Waals surface area (Å²) in [6.45, 7) is 1.92. The maximum Gasteiger partial charge on any atom is 0.175 e. The first-order chi connectivity index (χ1) is 11.0. The van der Waals surface area contributed by atoms with Crippen molar-refractivity contribution in [2.24, 2.45) is 0 Å². The van der Waals surface area contributed by atoms with Crippen LogP contribution in [0.5, 0.6) is 5.75 Å². The van der Waals surface area contributed by atoms with Crippen LogP contribution in [0, 0.1) is 0 Å². The molecule has 0 heterocycles. The number of carbonyl (C=O) groups is 1. The van der Waals surface area contributed by atoms with Crippen LogP contribution >= 0.6 is 23.2 Å². The molecule has 1 N–H and O–H groups in total. The van der Waals surface area contributed by atoms with Crippen LogP contribution < -0.4 is 4.74 Å². The second-order valence-electron chi connectivity index (χ2n) is 5.81. The summed E-state index contributed by atoms with van der Waals surface area (Å²) in [4.78, 5) is 13.0. The van der Waals surface area contributed by atoms with Crippen molar-refractivity contribution >= 4 is 29.0 Å². The molecule has 0 saturated heterocycles. The third kappa shape index (κ3) is 2.63. The molecule has 5 heteroatoms. The predicted molar refractivity (Wildman–Crippen MR) is 90.9 cm³/mol. The quantitative estimate of drug-likeness (QED) is 0.904. The van der Waals surface area contributed by atoms with E-state index >= 15 is 0 Å². The Hall–Kier alpha value is -1.55. The number of aliphatic hydroxyl groups is 1. The lowest BCUT2D eigenvalue weighted by Crippen LogP contribution is -2.29. The largest absolute Gasteiger partial charge is 0.490 e. The number of aliphatic hydroxyl groups excluding tert-OH is 1. The van der Waals surface area contributed by atoms with E-state index in [0.29, 0.717) is 17.7 Å². The van der Waals surface area contributed by atoms with E-state index in [9.17, 15) is 4.79 Å². The van der Waals surface area contributed by atoms with Gasteiger partial charge in [-0.25, -0.2) is 0 Å². The van der Waals surface area contributed by atoms with Crippen LogP contribution in [0.15, 0.2) is 36.4 Å². The fourth-order valence-electron chi connectivity index (χ4n) is 3.07. The number of benzene rings is 2. The van der Waals surface area contributed by atoms with E-state index in [4.69, 9.17) is 33.0 Å². The van der Waals surface area contributed by atoms with Gasteiger partial charge in [0.25, 0.3) is 0 Å². The van der Waals surface area contributed by atoms with E-state index in [-0.39, 0.29) is 29.0 Å². The van der Waals surface area contributed by atoms with Crippen molar-refractivity contribution < 1.29 is 14.6 Å². The highest BCUT2D eigenvalue weighted by atomic mass is 35.5. The molecule has 0 unspecified atom stereocenters. The molecule has 2 aromatic carbocycles. The van der Waals surface area contributed by atoms with Crippen molar-refractivity contribution in [1.82, 2.24) is 0 Å². The van der Waals surface area contributed by atoms with Crippen LogP contribution in [0.2, 0.25) is 10.0 Å². The summed E-state index contributed by atoms with van der Waals surface area (Å²) >= 11 is 12.6. The smallest absolute Gasteiger partial charge is 0.175 e. The molecule has 0 aliphatic heterocycles. The summed E-state index contributed by atoms with van der Waals surface area (Å²) in [7, 11) is 0. The highest BCUT2D eigenvalue weighted by molar-refractivity contribution is 6.45. The van der Waals surface area contributed by atoms with E-state index < -0.39 is 5.41 Å². The van der Waals surface area contributed by atoms with Gasteiger partial charge in [0.1, 0.15) is 17.4 Å². The second kappa shape index (κ2) is 6.16. The number of ketones is 1. The third-order valence-corrected chi connectivity index (χ3v) is 5.14. The second-order valence-corrected chi connectivity index (χ2v) is 6.57. The fourth-order valence-corrected chi connectivity index (χ4v) is 3.58. The monoisotopic (exact) mass is 350 g/mol. The van der Waals surface area contributed by atoms with E-state index in [1.807, 2.05) is 37.3 Å². The summed E-state index contributed by atoms with van der Waals surface area (Å²) in [6.07, 6.45) is 0.539. The Kier molecular flexibility index (Phi) is 4.37. The van der Waals surface area contributed by atoms with Crippen LogP contribution in [0.1, 0.15) is 28.4 Å². The number of hydrogen-bond donors (Lipinski definition) is 1. The molecular weight excluding hydrogens is 335 g/mol. The van der Waals surface area contributed by atoms with Crippen LogP contribution in [0.4, 0.5) is 0 Å². The molecule has 3 nitrogen and oxygen atoms in total. The standard InChI is InChI=1S/C18H16Cl2O3/c1-18(12-5-3-2-4-6-12)10-11-9-13(23-8-7-21)15(19)16(20)14(11)17(18)22/h2-6,9,21H,7-8,10H2,1H3/t18-/m1/s1. The van der Waals surface area contributed by atoms with Gasteiger partial charge in [-0.3, -0.25) is 4.79 Å². The average molecular weight is 351 g/mol. The Morgan fingerprint density at radius 3 is 2.57 bits per heavy atom. The maximum atomic E-state index is 13.0. The number of rotatable bonds is 4. The number of Topliss-reactive ketones (excluding diaryl/α,β-unsaturated/α-hetero) is 1. The molecule has 0 bridgehead atoms. The first kappa shape index (κ1) is 16.3. The van der Waals surface area contributed by atoms with Crippen molar-refractivity contribution in [3.8, 4) is 5.75 Å². The van der Waals surface area contributed by atoms with E-state index in [0.717, 1.165) is 11.1 Å². The van der Waals surface area contributed by atoms with Crippen LogP contribution in [0.25, 0.3) is 0 Å². The lowest BCUT2D eigenvalue weighted by molar-refractivity contribution is 0.0915. The molecule has 0 radical (unpaired) electrons. The molecular formula is C18H16Cl2O3. The van der Waals surface area contributed by atoms with Gasteiger partial charge < -0.3 is 9.84 Å². The van der Waals surface area contributed by atoms with Crippen molar-refractivity contribution in [2.75, 3.05) is 13.2 Å². The summed E-state index contributed by atoms with van der Waals surface area (Å²) < 4.78 is 5.42. The van der Waals surface area contributed by atoms with Gasteiger partial charge in [-0.05, 0) is 30.5 Å². The lowest BCUT2D eigenvalue weighted by Gasteiger charge is -2.22. The molecule has 0 aromatic heterocycles. The normalized spacial score (nSPS) is 19.7. The van der Waals surface area contributed by atoms with Crippen LogP contribution in [-0.4, -0.2) is 24.1 Å². The maximum absolute atomic E-state index is 13.0. The molecule has 0 spiro atoms. The lowest BCUT2D eigenvalue weighted by atomic mass is 9.79. The van der Waals surface area contributed by atoms with Gasteiger partial charge in [0.05, 0.1) is 17.0 Å². The van der Waals surface area contributed by atoms with E-state index in [2.05, 4.69) is 0 Å². The molecule has 2 aromatic rings. The SMILES string of the molecule is C[C@]1(c2ccccc2)Cc2cc(OCCO)c(Cl)c(Cl)c2C1=O. The van der Waals surface area contributed by atoms with Gasteiger partial charge >= 0.3 is 0 Å². The predicted octanol–water partition coefficient (Wildman–Crippen LogP) is 4.06. The molecule has 0 saturated carbocycles. The molecule has 120 valence electrons. The first-order valence-electron chi connectivity index (χ1n) is 7.34. The summed E-state index contributed by atoms with van der Waals surface area (Å²) in [5, 5.41) is 9.34.